The van der Waals surface area contributed by atoms with Crippen molar-refractivity contribution in [2.24, 2.45) is 0 Å². The number of anilines is 1. The average molecular weight is 403 g/mol. The fourth-order valence-electron chi connectivity index (χ4n) is 2.96. The van der Waals surface area contributed by atoms with Crippen LogP contribution in [0, 0.1) is 13.8 Å². The van der Waals surface area contributed by atoms with Gasteiger partial charge >= 0.3 is 0 Å². The third kappa shape index (κ3) is 4.20. The van der Waals surface area contributed by atoms with Gasteiger partial charge in [-0.25, -0.2) is 9.67 Å². The molecule has 1 amide bonds. The number of carbonyl (C=O) groups excluding carboxylic acids is 1. The molecule has 144 valence electrons. The van der Waals surface area contributed by atoms with Crippen LogP contribution in [0.15, 0.2) is 72.8 Å². The highest BCUT2D eigenvalue weighted by atomic mass is 35.5. The quantitative estimate of drug-likeness (QED) is 0.493. The summed E-state index contributed by atoms with van der Waals surface area (Å²) in [5.74, 6) is 0.300. The van der Waals surface area contributed by atoms with Crippen molar-refractivity contribution in [1.29, 1.82) is 0 Å². The lowest BCUT2D eigenvalue weighted by Gasteiger charge is -2.06. The van der Waals surface area contributed by atoms with Crippen LogP contribution in [0.4, 0.5) is 5.69 Å². The maximum Gasteiger partial charge on any atom is 0.295 e. The highest BCUT2D eigenvalue weighted by Gasteiger charge is 2.19. The van der Waals surface area contributed by atoms with Gasteiger partial charge in [0.05, 0.1) is 5.69 Å². The smallest absolute Gasteiger partial charge is 0.295 e. The molecule has 1 aromatic heterocycles. The van der Waals surface area contributed by atoms with E-state index in [1.807, 2.05) is 74.5 Å². The van der Waals surface area contributed by atoms with E-state index in [2.05, 4.69) is 15.4 Å². The van der Waals surface area contributed by atoms with Gasteiger partial charge in [-0.1, -0.05) is 41.4 Å². The second-order valence-corrected chi connectivity index (χ2v) is 7.27. The Hall–Kier alpha value is -3.44. The Morgan fingerprint density at radius 2 is 1.66 bits per heavy atom. The second kappa shape index (κ2) is 7.89. The van der Waals surface area contributed by atoms with Crippen molar-refractivity contribution in [2.75, 3.05) is 5.32 Å². The SMILES string of the molecule is Cc1ccc(NC(=O)c2nc(-c3ccc(Cl)cc3)n(-c3cccc(C)c3)n2)cc1. The van der Waals surface area contributed by atoms with E-state index in [-0.39, 0.29) is 11.7 Å². The number of nitrogens with one attached hydrogen (secondary N) is 1. The minimum absolute atomic E-state index is 0.0945. The number of carbonyl (C=O) groups is 1. The van der Waals surface area contributed by atoms with Crippen molar-refractivity contribution in [3.8, 4) is 17.1 Å². The summed E-state index contributed by atoms with van der Waals surface area (Å²) in [4.78, 5) is 17.3. The molecule has 0 radical (unpaired) electrons. The Labute approximate surface area is 174 Å². The first-order valence-electron chi connectivity index (χ1n) is 9.18. The van der Waals surface area contributed by atoms with Crippen molar-refractivity contribution in [3.63, 3.8) is 0 Å². The number of aromatic nitrogens is 3. The van der Waals surface area contributed by atoms with E-state index in [9.17, 15) is 4.79 Å². The van der Waals surface area contributed by atoms with Crippen molar-refractivity contribution in [1.82, 2.24) is 14.8 Å². The van der Waals surface area contributed by atoms with Crippen LogP contribution in [0.3, 0.4) is 0 Å². The minimum atomic E-state index is -0.365. The Morgan fingerprint density at radius 1 is 0.931 bits per heavy atom. The summed E-state index contributed by atoms with van der Waals surface area (Å²) in [5, 5.41) is 7.98. The Balaban J connectivity index is 1.75. The van der Waals surface area contributed by atoms with Crippen LogP contribution < -0.4 is 5.32 Å². The number of halogens is 1. The van der Waals surface area contributed by atoms with E-state index in [0.29, 0.717) is 16.5 Å². The molecule has 0 bridgehead atoms. The molecule has 0 fully saturated rings. The second-order valence-electron chi connectivity index (χ2n) is 6.84. The largest absolute Gasteiger partial charge is 0.319 e. The highest BCUT2D eigenvalue weighted by Crippen LogP contribution is 2.24. The lowest BCUT2D eigenvalue weighted by atomic mass is 10.2. The van der Waals surface area contributed by atoms with Gasteiger partial charge in [-0.05, 0) is 67.9 Å². The molecule has 4 aromatic rings. The van der Waals surface area contributed by atoms with Gasteiger partial charge in [-0.3, -0.25) is 4.79 Å². The Bertz CT molecular complexity index is 1160. The van der Waals surface area contributed by atoms with Crippen LogP contribution >= 0.6 is 11.6 Å². The van der Waals surface area contributed by atoms with Crippen LogP contribution in [0.5, 0.6) is 0 Å². The monoisotopic (exact) mass is 402 g/mol. The summed E-state index contributed by atoms with van der Waals surface area (Å²) < 4.78 is 1.68. The summed E-state index contributed by atoms with van der Waals surface area (Å²) in [6.07, 6.45) is 0. The molecule has 0 spiro atoms. The molecule has 0 saturated heterocycles. The molecule has 1 N–H and O–H groups in total. The van der Waals surface area contributed by atoms with Crippen LogP contribution in [0.1, 0.15) is 21.7 Å². The molecule has 4 rings (SSSR count). The number of hydrogen-bond acceptors (Lipinski definition) is 3. The summed E-state index contributed by atoms with van der Waals surface area (Å²) in [7, 11) is 0. The average Bonchev–Trinajstić information content (AvgIpc) is 3.16. The van der Waals surface area contributed by atoms with Crippen LogP contribution in [-0.4, -0.2) is 20.7 Å². The summed E-state index contributed by atoms with van der Waals surface area (Å²) >= 11 is 6.03. The summed E-state index contributed by atoms with van der Waals surface area (Å²) in [6, 6.07) is 22.8. The normalized spacial score (nSPS) is 10.7. The molecule has 0 aliphatic heterocycles. The standard InChI is InChI=1S/C23H19ClN4O/c1-15-6-12-19(13-7-15)25-23(29)21-26-22(17-8-10-18(24)11-9-17)28(27-21)20-5-3-4-16(2)14-20/h3-14H,1-2H3,(H,25,29). The lowest BCUT2D eigenvalue weighted by Crippen LogP contribution is -2.14. The fourth-order valence-corrected chi connectivity index (χ4v) is 3.08. The summed E-state index contributed by atoms with van der Waals surface area (Å²) in [6.45, 7) is 4.00. The number of benzene rings is 3. The first kappa shape index (κ1) is 18.9. The number of nitrogens with zero attached hydrogens (tertiary/aromatic N) is 3. The van der Waals surface area contributed by atoms with Gasteiger partial charge in [0.15, 0.2) is 5.82 Å². The predicted molar refractivity (Wildman–Crippen MR) is 116 cm³/mol. The third-order valence-corrected chi connectivity index (χ3v) is 4.72. The number of rotatable bonds is 4. The van der Waals surface area contributed by atoms with E-state index in [1.165, 1.54) is 0 Å². The third-order valence-electron chi connectivity index (χ3n) is 4.47. The van der Waals surface area contributed by atoms with Gasteiger partial charge in [0, 0.05) is 16.3 Å². The minimum Gasteiger partial charge on any atom is -0.319 e. The molecule has 29 heavy (non-hydrogen) atoms. The van der Waals surface area contributed by atoms with Gasteiger partial charge in [0.1, 0.15) is 0 Å². The first-order valence-corrected chi connectivity index (χ1v) is 9.55. The molecular weight excluding hydrogens is 384 g/mol. The maximum atomic E-state index is 12.8. The van der Waals surface area contributed by atoms with Gasteiger partial charge in [-0.15, -0.1) is 5.10 Å². The Morgan fingerprint density at radius 3 is 2.34 bits per heavy atom. The molecule has 0 aliphatic rings. The zero-order valence-corrected chi connectivity index (χ0v) is 16.8. The topological polar surface area (TPSA) is 59.8 Å². The highest BCUT2D eigenvalue weighted by molar-refractivity contribution is 6.30. The zero-order chi connectivity index (χ0) is 20.4. The van der Waals surface area contributed by atoms with Crippen LogP contribution in [0.2, 0.25) is 5.02 Å². The number of hydrogen-bond donors (Lipinski definition) is 1. The van der Waals surface area contributed by atoms with Gasteiger partial charge in [0.2, 0.25) is 5.82 Å². The molecule has 0 unspecified atom stereocenters. The van der Waals surface area contributed by atoms with Crippen molar-refractivity contribution < 1.29 is 4.79 Å². The Kier molecular flexibility index (Phi) is 5.14. The number of amides is 1. The lowest BCUT2D eigenvalue weighted by molar-refractivity contribution is 0.101. The molecule has 5 nitrogen and oxygen atoms in total. The van der Waals surface area contributed by atoms with E-state index >= 15 is 0 Å². The number of aryl methyl sites for hydroxylation is 2. The molecule has 3 aromatic carbocycles. The van der Waals surface area contributed by atoms with Crippen molar-refractivity contribution in [2.45, 2.75) is 13.8 Å². The predicted octanol–water partition coefficient (Wildman–Crippen LogP) is 5.46. The molecule has 6 heteroatoms. The van der Waals surface area contributed by atoms with Gasteiger partial charge in [0.25, 0.3) is 5.91 Å². The van der Waals surface area contributed by atoms with Crippen molar-refractivity contribution >= 4 is 23.2 Å². The molecule has 0 aliphatic carbocycles. The zero-order valence-electron chi connectivity index (χ0n) is 16.1. The van der Waals surface area contributed by atoms with Crippen LogP contribution in [0.25, 0.3) is 17.1 Å². The van der Waals surface area contributed by atoms with E-state index in [1.54, 1.807) is 16.8 Å². The summed E-state index contributed by atoms with van der Waals surface area (Å²) in [5.41, 5.74) is 4.55. The van der Waals surface area contributed by atoms with Gasteiger partial charge in [-0.2, -0.15) is 0 Å². The van der Waals surface area contributed by atoms with Crippen LogP contribution in [-0.2, 0) is 0 Å². The van der Waals surface area contributed by atoms with Gasteiger partial charge < -0.3 is 5.32 Å². The maximum absolute atomic E-state index is 12.8. The fraction of sp³-hybridized carbons (Fsp3) is 0.0870. The molecule has 0 atom stereocenters. The molecular formula is C23H19ClN4O. The van der Waals surface area contributed by atoms with E-state index in [0.717, 1.165) is 22.4 Å². The molecule has 0 saturated carbocycles. The molecule has 1 heterocycles. The first-order chi connectivity index (χ1) is 14.0. The van der Waals surface area contributed by atoms with E-state index in [4.69, 9.17) is 11.6 Å². The van der Waals surface area contributed by atoms with Crippen molar-refractivity contribution in [3.05, 3.63) is 94.8 Å². The van der Waals surface area contributed by atoms with E-state index < -0.39 is 0 Å².